The number of methoxy groups -OCH3 is 1. The van der Waals surface area contributed by atoms with Crippen LogP contribution in [0.25, 0.3) is 5.69 Å². The van der Waals surface area contributed by atoms with Gasteiger partial charge in [-0.05, 0) is 41.5 Å². The van der Waals surface area contributed by atoms with E-state index in [0.717, 1.165) is 12.8 Å². The van der Waals surface area contributed by atoms with Gasteiger partial charge in [-0.2, -0.15) is 4.68 Å². The number of nitrogens with one attached hydrogen (secondary N) is 1. The number of hydrogen-bond donors (Lipinski definition) is 2. The number of benzene rings is 1. The van der Waals surface area contributed by atoms with Crippen molar-refractivity contribution in [3.8, 4) is 11.4 Å². The second-order valence-electron chi connectivity index (χ2n) is 6.15. The molecule has 1 aliphatic carbocycles. The Morgan fingerprint density at radius 2 is 2.12 bits per heavy atom. The van der Waals surface area contributed by atoms with Gasteiger partial charge < -0.3 is 15.2 Å². The largest absolute Gasteiger partial charge is 0.494 e. The number of aliphatic carboxylic acids is 1. The number of amides is 1. The molecule has 25 heavy (non-hydrogen) atoms. The average Bonchev–Trinajstić information content (AvgIpc) is 3.25. The minimum Gasteiger partial charge on any atom is -0.494 e. The van der Waals surface area contributed by atoms with E-state index in [2.05, 4.69) is 20.8 Å². The van der Waals surface area contributed by atoms with E-state index in [9.17, 15) is 9.59 Å². The first kappa shape index (κ1) is 16.9. The lowest BCUT2D eigenvalue weighted by atomic mass is 9.92. The van der Waals surface area contributed by atoms with Gasteiger partial charge in [0.05, 0.1) is 19.1 Å². The maximum atomic E-state index is 12.7. The van der Waals surface area contributed by atoms with Crippen LogP contribution in [0.1, 0.15) is 42.5 Å². The molecule has 1 aromatic heterocycles. The van der Waals surface area contributed by atoms with E-state index in [1.54, 1.807) is 18.2 Å². The Balaban J connectivity index is 1.87. The van der Waals surface area contributed by atoms with Crippen molar-refractivity contribution >= 4 is 11.9 Å². The van der Waals surface area contributed by atoms with Crippen LogP contribution in [0, 0.1) is 0 Å². The second-order valence-corrected chi connectivity index (χ2v) is 6.15. The van der Waals surface area contributed by atoms with Gasteiger partial charge >= 0.3 is 5.97 Å². The Labute approximate surface area is 144 Å². The first-order valence-corrected chi connectivity index (χ1v) is 7.99. The van der Waals surface area contributed by atoms with E-state index < -0.39 is 11.5 Å². The molecule has 3 rings (SSSR count). The molecule has 0 aliphatic heterocycles. The van der Waals surface area contributed by atoms with Gasteiger partial charge in [-0.1, -0.05) is 12.8 Å². The van der Waals surface area contributed by atoms with Gasteiger partial charge in [-0.3, -0.25) is 9.59 Å². The fraction of sp³-hybridized carbons (Fsp3) is 0.438. The van der Waals surface area contributed by atoms with E-state index >= 15 is 0 Å². The quantitative estimate of drug-likeness (QED) is 0.807. The van der Waals surface area contributed by atoms with Crippen LogP contribution in [0.4, 0.5) is 0 Å². The van der Waals surface area contributed by atoms with Crippen molar-refractivity contribution < 1.29 is 19.4 Å². The number of rotatable bonds is 6. The molecule has 0 bridgehead atoms. The van der Waals surface area contributed by atoms with E-state index in [-0.39, 0.29) is 12.3 Å². The number of ether oxygens (including phenoxy) is 1. The van der Waals surface area contributed by atoms with Crippen molar-refractivity contribution in [3.63, 3.8) is 0 Å². The Bertz CT molecular complexity index is 769. The highest BCUT2D eigenvalue weighted by molar-refractivity contribution is 5.96. The summed E-state index contributed by atoms with van der Waals surface area (Å²) in [7, 11) is 1.52. The predicted octanol–water partition coefficient (Wildman–Crippen LogP) is 1.19. The summed E-state index contributed by atoms with van der Waals surface area (Å²) in [5.41, 5.74) is 0.236. The Morgan fingerprint density at radius 1 is 1.36 bits per heavy atom. The lowest BCUT2D eigenvalue weighted by molar-refractivity contribution is -0.138. The number of tetrazole rings is 1. The molecule has 0 unspecified atom stereocenters. The third kappa shape index (κ3) is 3.59. The minimum atomic E-state index is -0.911. The summed E-state index contributed by atoms with van der Waals surface area (Å²) >= 11 is 0. The van der Waals surface area contributed by atoms with Crippen LogP contribution >= 0.6 is 0 Å². The third-order valence-corrected chi connectivity index (χ3v) is 4.47. The molecule has 1 amide bonds. The molecule has 1 fully saturated rings. The SMILES string of the molecule is COc1ccc(C(=O)NC2(CC(=O)O)CCCC2)cc1-n1cnnn1. The highest BCUT2D eigenvalue weighted by Crippen LogP contribution is 2.33. The maximum Gasteiger partial charge on any atom is 0.305 e. The first-order valence-electron chi connectivity index (χ1n) is 7.99. The van der Waals surface area contributed by atoms with Crippen LogP contribution < -0.4 is 10.1 Å². The molecule has 1 aliphatic rings. The van der Waals surface area contributed by atoms with Gasteiger partial charge in [0.15, 0.2) is 0 Å². The zero-order chi connectivity index (χ0) is 17.9. The van der Waals surface area contributed by atoms with Gasteiger partial charge in [0.2, 0.25) is 0 Å². The number of nitrogens with zero attached hydrogens (tertiary/aromatic N) is 4. The lowest BCUT2D eigenvalue weighted by Gasteiger charge is -2.28. The fourth-order valence-corrected chi connectivity index (χ4v) is 3.28. The van der Waals surface area contributed by atoms with Gasteiger partial charge in [0, 0.05) is 5.56 Å². The summed E-state index contributed by atoms with van der Waals surface area (Å²) in [6.07, 6.45) is 4.48. The molecular formula is C16H19N5O4. The third-order valence-electron chi connectivity index (χ3n) is 4.47. The predicted molar refractivity (Wildman–Crippen MR) is 86.6 cm³/mol. The van der Waals surface area contributed by atoms with E-state index in [0.29, 0.717) is 29.8 Å². The summed E-state index contributed by atoms with van der Waals surface area (Å²) in [6.45, 7) is 0. The first-order chi connectivity index (χ1) is 12.0. The Morgan fingerprint density at radius 3 is 2.72 bits per heavy atom. The highest BCUT2D eigenvalue weighted by Gasteiger charge is 2.37. The molecule has 1 heterocycles. The Hall–Kier alpha value is -2.97. The van der Waals surface area contributed by atoms with E-state index in [1.807, 2.05) is 0 Å². The van der Waals surface area contributed by atoms with Crippen molar-refractivity contribution in [3.05, 3.63) is 30.1 Å². The highest BCUT2D eigenvalue weighted by atomic mass is 16.5. The minimum absolute atomic E-state index is 0.0747. The van der Waals surface area contributed by atoms with Gasteiger partial charge in [-0.25, -0.2) is 0 Å². The summed E-state index contributed by atoms with van der Waals surface area (Å²) in [5.74, 6) is -0.712. The number of carbonyl (C=O) groups is 2. The summed E-state index contributed by atoms with van der Waals surface area (Å²) < 4.78 is 6.68. The normalized spacial score (nSPS) is 15.7. The summed E-state index contributed by atoms with van der Waals surface area (Å²) in [5, 5.41) is 23.1. The molecule has 2 N–H and O–H groups in total. The fourth-order valence-electron chi connectivity index (χ4n) is 3.28. The van der Waals surface area contributed by atoms with Gasteiger partial charge in [-0.15, -0.1) is 5.10 Å². The number of carboxylic acid groups (broad SMARTS) is 1. The molecule has 2 aromatic rings. The molecule has 0 saturated heterocycles. The second kappa shape index (κ2) is 6.88. The summed E-state index contributed by atoms with van der Waals surface area (Å²) in [6, 6.07) is 4.91. The van der Waals surface area contributed by atoms with Crippen LogP contribution in [0.3, 0.4) is 0 Å². The van der Waals surface area contributed by atoms with Crippen molar-refractivity contribution in [2.24, 2.45) is 0 Å². The lowest BCUT2D eigenvalue weighted by Crippen LogP contribution is -2.47. The Kier molecular flexibility index (Phi) is 4.64. The zero-order valence-corrected chi connectivity index (χ0v) is 13.8. The molecule has 9 nitrogen and oxygen atoms in total. The van der Waals surface area contributed by atoms with E-state index in [4.69, 9.17) is 9.84 Å². The van der Waals surface area contributed by atoms with Crippen LogP contribution in [-0.2, 0) is 4.79 Å². The molecular weight excluding hydrogens is 326 g/mol. The molecule has 9 heteroatoms. The standard InChI is InChI=1S/C16H19N5O4/c1-25-13-5-4-11(8-12(13)21-10-17-19-20-21)15(24)18-16(9-14(22)23)6-2-3-7-16/h4-5,8,10H,2-3,6-7,9H2,1H3,(H,18,24)(H,22,23). The van der Waals surface area contributed by atoms with Gasteiger partial charge in [0.1, 0.15) is 17.8 Å². The van der Waals surface area contributed by atoms with Crippen molar-refractivity contribution in [2.75, 3.05) is 7.11 Å². The van der Waals surface area contributed by atoms with Crippen molar-refractivity contribution in [2.45, 2.75) is 37.6 Å². The molecule has 1 aromatic carbocycles. The van der Waals surface area contributed by atoms with Crippen molar-refractivity contribution in [1.82, 2.24) is 25.5 Å². The van der Waals surface area contributed by atoms with Crippen molar-refractivity contribution in [1.29, 1.82) is 0 Å². The maximum absolute atomic E-state index is 12.7. The van der Waals surface area contributed by atoms with Crippen LogP contribution in [0.5, 0.6) is 5.75 Å². The zero-order valence-electron chi connectivity index (χ0n) is 13.8. The number of carbonyl (C=O) groups excluding carboxylic acids is 1. The summed E-state index contributed by atoms with van der Waals surface area (Å²) in [4.78, 5) is 23.9. The monoisotopic (exact) mass is 345 g/mol. The topological polar surface area (TPSA) is 119 Å². The number of aromatic nitrogens is 4. The van der Waals surface area contributed by atoms with E-state index in [1.165, 1.54) is 18.1 Å². The molecule has 0 spiro atoms. The number of carboxylic acids is 1. The average molecular weight is 345 g/mol. The molecule has 1 saturated carbocycles. The van der Waals surface area contributed by atoms with Crippen LogP contribution in [0.2, 0.25) is 0 Å². The number of hydrogen-bond acceptors (Lipinski definition) is 6. The molecule has 0 radical (unpaired) electrons. The molecule has 0 atom stereocenters. The van der Waals surface area contributed by atoms with Crippen LogP contribution in [-0.4, -0.2) is 49.8 Å². The van der Waals surface area contributed by atoms with Gasteiger partial charge in [0.25, 0.3) is 5.91 Å². The molecule has 132 valence electrons. The van der Waals surface area contributed by atoms with Crippen LogP contribution in [0.15, 0.2) is 24.5 Å². The smallest absolute Gasteiger partial charge is 0.305 e.